The Morgan fingerprint density at radius 1 is 0.926 bits per heavy atom. The first-order valence-corrected chi connectivity index (χ1v) is 8.91. The minimum absolute atomic E-state index is 0.234. The van der Waals surface area contributed by atoms with E-state index in [1.165, 1.54) is 5.56 Å². The van der Waals surface area contributed by atoms with Crippen LogP contribution in [-0.4, -0.2) is 26.3 Å². The molecule has 0 saturated carbocycles. The highest BCUT2D eigenvalue weighted by molar-refractivity contribution is 5.76. The van der Waals surface area contributed by atoms with Crippen LogP contribution in [0.2, 0.25) is 0 Å². The maximum absolute atomic E-state index is 5.49. The van der Waals surface area contributed by atoms with Crippen LogP contribution >= 0.6 is 0 Å². The summed E-state index contributed by atoms with van der Waals surface area (Å²) in [7, 11) is 0. The van der Waals surface area contributed by atoms with Gasteiger partial charge in [-0.05, 0) is 42.3 Å². The van der Waals surface area contributed by atoms with E-state index in [2.05, 4.69) is 44.6 Å². The Bertz CT molecular complexity index is 1120. The quantitative estimate of drug-likeness (QED) is 0.554. The maximum atomic E-state index is 5.49. The number of aromatic nitrogens is 4. The lowest BCUT2D eigenvalue weighted by molar-refractivity contribution is 0.174. The van der Waals surface area contributed by atoms with Crippen molar-refractivity contribution in [1.29, 1.82) is 0 Å². The number of ether oxygens (including phenoxy) is 2. The van der Waals surface area contributed by atoms with Crippen molar-refractivity contribution in [1.82, 2.24) is 19.5 Å². The lowest BCUT2D eigenvalue weighted by Gasteiger charge is -2.15. The molecule has 0 N–H and O–H groups in total. The Morgan fingerprint density at radius 3 is 2.70 bits per heavy atom. The summed E-state index contributed by atoms with van der Waals surface area (Å²) in [5.74, 6) is 2.87. The molecule has 0 saturated heterocycles. The number of nitrogens with zero attached hydrogens (tertiary/aromatic N) is 4. The Morgan fingerprint density at radius 2 is 1.78 bits per heavy atom. The highest BCUT2D eigenvalue weighted by Gasteiger charge is 2.17. The average Bonchev–Trinajstić information content (AvgIpc) is 3.36. The van der Waals surface area contributed by atoms with Gasteiger partial charge in [-0.2, -0.15) is 0 Å². The van der Waals surface area contributed by atoms with E-state index in [1.54, 1.807) is 12.4 Å². The molecule has 6 heteroatoms. The number of benzene rings is 2. The molecule has 1 aliphatic heterocycles. The molecule has 2 aromatic carbocycles. The topological polar surface area (TPSA) is 62.1 Å². The summed E-state index contributed by atoms with van der Waals surface area (Å²) in [5, 5.41) is 0. The van der Waals surface area contributed by atoms with Gasteiger partial charge in [0.1, 0.15) is 5.82 Å². The molecule has 0 unspecified atom stereocenters. The zero-order valence-electron chi connectivity index (χ0n) is 14.9. The molecule has 0 radical (unpaired) electrons. The molecule has 4 aromatic rings. The Kier molecular flexibility index (Phi) is 3.74. The third kappa shape index (κ3) is 2.89. The summed E-state index contributed by atoms with van der Waals surface area (Å²) < 4.78 is 13.0. The van der Waals surface area contributed by atoms with E-state index in [1.807, 2.05) is 30.6 Å². The van der Waals surface area contributed by atoms with Crippen molar-refractivity contribution in [3.63, 3.8) is 0 Å². The van der Waals surface area contributed by atoms with Gasteiger partial charge in [-0.25, -0.2) is 4.98 Å². The minimum Gasteiger partial charge on any atom is -0.454 e. The van der Waals surface area contributed by atoms with Crippen LogP contribution < -0.4 is 9.47 Å². The minimum atomic E-state index is 0.234. The molecule has 1 atom stereocenters. The molecule has 3 heterocycles. The van der Waals surface area contributed by atoms with Crippen molar-refractivity contribution >= 4 is 11.0 Å². The summed E-state index contributed by atoms with van der Waals surface area (Å²) in [6.45, 7) is 2.48. The second kappa shape index (κ2) is 6.39. The zero-order valence-corrected chi connectivity index (χ0v) is 14.9. The molecule has 5 rings (SSSR count). The standard InChI is InChI=1S/C21H18N4O2/c1-14(10-15-2-5-19-20(11-15)27-13-26-19)21-24-8-9-25(21)16-3-4-17-18(12-16)23-7-6-22-17/h2-9,11-12,14H,10,13H2,1H3/t14-/m1/s1. The van der Waals surface area contributed by atoms with E-state index in [0.29, 0.717) is 6.79 Å². The maximum Gasteiger partial charge on any atom is 0.231 e. The summed E-state index contributed by atoms with van der Waals surface area (Å²) in [6, 6.07) is 12.2. The number of rotatable bonds is 4. The first-order valence-electron chi connectivity index (χ1n) is 8.91. The summed E-state index contributed by atoms with van der Waals surface area (Å²) in [5.41, 5.74) is 3.99. The molecule has 134 valence electrons. The molecule has 27 heavy (non-hydrogen) atoms. The van der Waals surface area contributed by atoms with Crippen LogP contribution in [0.1, 0.15) is 24.2 Å². The van der Waals surface area contributed by atoms with Gasteiger partial charge >= 0.3 is 0 Å². The zero-order chi connectivity index (χ0) is 18.2. The first-order chi connectivity index (χ1) is 13.3. The van der Waals surface area contributed by atoms with Crippen LogP contribution in [0.5, 0.6) is 11.5 Å². The van der Waals surface area contributed by atoms with Gasteiger partial charge in [-0.15, -0.1) is 0 Å². The third-order valence-electron chi connectivity index (χ3n) is 4.82. The van der Waals surface area contributed by atoms with Gasteiger partial charge in [0.2, 0.25) is 6.79 Å². The van der Waals surface area contributed by atoms with Gasteiger partial charge in [0.15, 0.2) is 11.5 Å². The third-order valence-corrected chi connectivity index (χ3v) is 4.82. The monoisotopic (exact) mass is 358 g/mol. The summed E-state index contributed by atoms with van der Waals surface area (Å²) in [4.78, 5) is 13.4. The van der Waals surface area contributed by atoms with Gasteiger partial charge in [0.05, 0.1) is 11.0 Å². The first kappa shape index (κ1) is 15.8. The predicted molar refractivity (Wildman–Crippen MR) is 101 cm³/mol. The van der Waals surface area contributed by atoms with Crippen LogP contribution in [-0.2, 0) is 6.42 Å². The highest BCUT2D eigenvalue weighted by Crippen LogP contribution is 2.34. The van der Waals surface area contributed by atoms with Gasteiger partial charge in [0, 0.05) is 36.4 Å². The highest BCUT2D eigenvalue weighted by atomic mass is 16.7. The molecule has 0 aliphatic carbocycles. The molecule has 0 fully saturated rings. The molecular weight excluding hydrogens is 340 g/mol. The van der Waals surface area contributed by atoms with Crippen LogP contribution in [0.25, 0.3) is 16.7 Å². The normalized spacial score (nSPS) is 13.8. The molecular formula is C21H18N4O2. The van der Waals surface area contributed by atoms with E-state index in [9.17, 15) is 0 Å². The fourth-order valence-electron chi connectivity index (χ4n) is 3.51. The van der Waals surface area contributed by atoms with Crippen molar-refractivity contribution in [2.45, 2.75) is 19.3 Å². The van der Waals surface area contributed by atoms with E-state index in [-0.39, 0.29) is 5.92 Å². The van der Waals surface area contributed by atoms with Crippen molar-refractivity contribution in [3.8, 4) is 17.2 Å². The van der Waals surface area contributed by atoms with E-state index >= 15 is 0 Å². The SMILES string of the molecule is C[C@H](Cc1ccc2c(c1)OCO2)c1nccn1-c1ccc2nccnc2c1. The Hall–Kier alpha value is -3.41. The van der Waals surface area contributed by atoms with Gasteiger partial charge < -0.3 is 14.0 Å². The second-order valence-corrected chi connectivity index (χ2v) is 6.68. The van der Waals surface area contributed by atoms with Crippen molar-refractivity contribution in [3.05, 3.63) is 72.6 Å². The average molecular weight is 358 g/mol. The largest absolute Gasteiger partial charge is 0.454 e. The van der Waals surface area contributed by atoms with Crippen LogP contribution in [0.15, 0.2) is 61.2 Å². The van der Waals surface area contributed by atoms with Crippen LogP contribution in [0, 0.1) is 0 Å². The van der Waals surface area contributed by atoms with Gasteiger partial charge in [-0.3, -0.25) is 9.97 Å². The number of hydrogen-bond donors (Lipinski definition) is 0. The molecule has 1 aliphatic rings. The van der Waals surface area contributed by atoms with Crippen molar-refractivity contribution in [2.75, 3.05) is 6.79 Å². The summed E-state index contributed by atoms with van der Waals surface area (Å²) >= 11 is 0. The number of imidazole rings is 1. The number of fused-ring (bicyclic) bond motifs is 2. The van der Waals surface area contributed by atoms with Crippen LogP contribution in [0.4, 0.5) is 0 Å². The van der Waals surface area contributed by atoms with Gasteiger partial charge in [0.25, 0.3) is 0 Å². The molecule has 0 bridgehead atoms. The molecule has 0 amide bonds. The lowest BCUT2D eigenvalue weighted by atomic mass is 10.00. The Balaban J connectivity index is 1.45. The molecule has 0 spiro atoms. The smallest absolute Gasteiger partial charge is 0.231 e. The van der Waals surface area contributed by atoms with E-state index in [0.717, 1.165) is 40.5 Å². The van der Waals surface area contributed by atoms with E-state index in [4.69, 9.17) is 9.47 Å². The lowest BCUT2D eigenvalue weighted by Crippen LogP contribution is -2.07. The number of hydrogen-bond acceptors (Lipinski definition) is 5. The molecule has 6 nitrogen and oxygen atoms in total. The van der Waals surface area contributed by atoms with Crippen molar-refractivity contribution in [2.24, 2.45) is 0 Å². The predicted octanol–water partition coefficient (Wildman–Crippen LogP) is 3.89. The fraction of sp³-hybridized carbons (Fsp3) is 0.190. The fourth-order valence-corrected chi connectivity index (χ4v) is 3.51. The van der Waals surface area contributed by atoms with Crippen molar-refractivity contribution < 1.29 is 9.47 Å². The Labute approximate surface area is 156 Å². The van der Waals surface area contributed by atoms with Crippen LogP contribution in [0.3, 0.4) is 0 Å². The molecule has 2 aromatic heterocycles. The van der Waals surface area contributed by atoms with E-state index < -0.39 is 0 Å². The van der Waals surface area contributed by atoms with Gasteiger partial charge in [-0.1, -0.05) is 13.0 Å². The summed E-state index contributed by atoms with van der Waals surface area (Å²) in [6.07, 6.45) is 8.11. The second-order valence-electron chi connectivity index (χ2n) is 6.68.